The van der Waals surface area contributed by atoms with Crippen LogP contribution in [0.5, 0.6) is 0 Å². The van der Waals surface area contributed by atoms with Gasteiger partial charge in [0.2, 0.25) is 0 Å². The van der Waals surface area contributed by atoms with Crippen molar-refractivity contribution < 1.29 is 9.72 Å². The average Bonchev–Trinajstić information content (AvgIpc) is 2.59. The second kappa shape index (κ2) is 8.25. The zero-order chi connectivity index (χ0) is 18.4. The van der Waals surface area contributed by atoms with Crippen LogP contribution in [0.2, 0.25) is 5.02 Å². The molecule has 0 heterocycles. The summed E-state index contributed by atoms with van der Waals surface area (Å²) in [7, 11) is 0. The molecule has 0 bridgehead atoms. The number of amides is 1. The molecule has 0 radical (unpaired) electrons. The van der Waals surface area contributed by atoms with Gasteiger partial charge in [-0.1, -0.05) is 17.7 Å². The number of carbonyl (C=O) groups is 1. The Kier molecular flexibility index (Phi) is 6.08. The molecule has 2 aromatic rings. The van der Waals surface area contributed by atoms with Crippen molar-refractivity contribution >= 4 is 34.6 Å². The molecule has 0 fully saturated rings. The van der Waals surface area contributed by atoms with Gasteiger partial charge in [0.25, 0.3) is 11.6 Å². The van der Waals surface area contributed by atoms with Crippen molar-refractivity contribution in [1.82, 2.24) is 5.43 Å². The number of non-ortho nitro benzene ring substituents is 1. The van der Waals surface area contributed by atoms with Crippen LogP contribution in [0.4, 0.5) is 11.4 Å². The zero-order valence-electron chi connectivity index (χ0n) is 13.7. The molecule has 0 aliphatic heterocycles. The lowest BCUT2D eigenvalue weighted by molar-refractivity contribution is -0.384. The Bertz CT molecular complexity index is 806. The molecule has 7 nitrogen and oxygen atoms in total. The molecule has 0 spiro atoms. The van der Waals surface area contributed by atoms with E-state index in [1.807, 2.05) is 0 Å². The molecule has 0 saturated carbocycles. The number of hydrogen-bond acceptors (Lipinski definition) is 5. The third-order valence-electron chi connectivity index (χ3n) is 3.43. The molecule has 1 amide bonds. The topological polar surface area (TPSA) is 96.6 Å². The molecule has 2 N–H and O–H groups in total. The SMILES string of the molecule is C/C(=N\NC(=O)[C@H](C)Nc1cccc(Cl)c1)c1ccc([N+](=O)[O-])cc1. The molecular formula is C17H17ClN4O3. The van der Waals surface area contributed by atoms with Gasteiger partial charge in [0.05, 0.1) is 10.6 Å². The van der Waals surface area contributed by atoms with Crippen LogP contribution < -0.4 is 10.7 Å². The summed E-state index contributed by atoms with van der Waals surface area (Å²) < 4.78 is 0. The van der Waals surface area contributed by atoms with Crippen LogP contribution in [-0.4, -0.2) is 22.6 Å². The summed E-state index contributed by atoms with van der Waals surface area (Å²) in [6.45, 7) is 3.41. The van der Waals surface area contributed by atoms with Crippen molar-refractivity contribution in [1.29, 1.82) is 0 Å². The number of nitro groups is 1. The van der Waals surface area contributed by atoms with Crippen molar-refractivity contribution in [3.63, 3.8) is 0 Å². The molecule has 25 heavy (non-hydrogen) atoms. The number of hydrazone groups is 1. The van der Waals surface area contributed by atoms with Gasteiger partial charge in [-0.05, 0) is 49.7 Å². The normalized spacial score (nSPS) is 12.4. The van der Waals surface area contributed by atoms with E-state index in [2.05, 4.69) is 15.8 Å². The Labute approximate surface area is 149 Å². The van der Waals surface area contributed by atoms with Gasteiger partial charge in [0.15, 0.2) is 0 Å². The monoisotopic (exact) mass is 360 g/mol. The smallest absolute Gasteiger partial charge is 0.269 e. The van der Waals surface area contributed by atoms with Gasteiger partial charge in [-0.15, -0.1) is 0 Å². The average molecular weight is 361 g/mol. The zero-order valence-corrected chi connectivity index (χ0v) is 14.4. The van der Waals surface area contributed by atoms with E-state index < -0.39 is 11.0 Å². The predicted octanol–water partition coefficient (Wildman–Crippen LogP) is 3.59. The lowest BCUT2D eigenvalue weighted by Gasteiger charge is -2.14. The van der Waals surface area contributed by atoms with E-state index in [9.17, 15) is 14.9 Å². The maximum atomic E-state index is 12.1. The van der Waals surface area contributed by atoms with Crippen LogP contribution in [0.3, 0.4) is 0 Å². The summed E-state index contributed by atoms with van der Waals surface area (Å²) in [6, 6.07) is 12.5. The Morgan fingerprint density at radius 3 is 2.52 bits per heavy atom. The number of anilines is 1. The standard InChI is InChI=1S/C17H17ClN4O3/c1-11(13-6-8-16(9-7-13)22(24)25)20-21-17(23)12(2)19-15-5-3-4-14(18)10-15/h3-10,12,19H,1-2H3,(H,21,23)/b20-11+/t12-/m0/s1. The maximum Gasteiger partial charge on any atom is 0.269 e. The fourth-order valence-electron chi connectivity index (χ4n) is 2.02. The van der Waals surface area contributed by atoms with Gasteiger partial charge in [-0.25, -0.2) is 5.43 Å². The quantitative estimate of drug-likeness (QED) is 0.467. The summed E-state index contributed by atoms with van der Waals surface area (Å²) in [5, 5.41) is 18.3. The molecule has 8 heteroatoms. The van der Waals surface area contributed by atoms with Crippen LogP contribution in [0.25, 0.3) is 0 Å². The first-order chi connectivity index (χ1) is 11.9. The van der Waals surface area contributed by atoms with Gasteiger partial charge in [0, 0.05) is 22.8 Å². The highest BCUT2D eigenvalue weighted by Crippen LogP contribution is 2.16. The molecular weight excluding hydrogens is 344 g/mol. The summed E-state index contributed by atoms with van der Waals surface area (Å²) >= 11 is 5.90. The van der Waals surface area contributed by atoms with Crippen molar-refractivity contribution in [2.24, 2.45) is 5.10 Å². The number of hydrogen-bond donors (Lipinski definition) is 2. The Morgan fingerprint density at radius 1 is 1.24 bits per heavy atom. The number of nitrogens with zero attached hydrogens (tertiary/aromatic N) is 2. The van der Waals surface area contributed by atoms with Crippen molar-refractivity contribution in [3.8, 4) is 0 Å². The van der Waals surface area contributed by atoms with Crippen LogP contribution in [0, 0.1) is 10.1 Å². The van der Waals surface area contributed by atoms with Gasteiger partial charge in [-0.2, -0.15) is 5.10 Å². The van der Waals surface area contributed by atoms with Gasteiger partial charge >= 0.3 is 0 Å². The number of nitro benzene ring substituents is 1. The Hall–Kier alpha value is -2.93. The van der Waals surface area contributed by atoms with Gasteiger partial charge in [0.1, 0.15) is 6.04 Å². The van der Waals surface area contributed by atoms with E-state index in [1.165, 1.54) is 12.1 Å². The molecule has 0 aliphatic rings. The minimum atomic E-state index is -0.521. The van der Waals surface area contributed by atoms with Crippen LogP contribution in [-0.2, 0) is 4.79 Å². The highest BCUT2D eigenvalue weighted by Gasteiger charge is 2.12. The summed E-state index contributed by atoms with van der Waals surface area (Å²) in [5.41, 5.74) is 4.42. The molecule has 1 atom stereocenters. The second-order valence-corrected chi connectivity index (χ2v) is 5.79. The molecule has 2 rings (SSSR count). The molecule has 0 aromatic heterocycles. The van der Waals surface area contributed by atoms with Crippen LogP contribution in [0.15, 0.2) is 53.6 Å². The van der Waals surface area contributed by atoms with Crippen LogP contribution >= 0.6 is 11.6 Å². The van der Waals surface area contributed by atoms with E-state index in [4.69, 9.17) is 11.6 Å². The Morgan fingerprint density at radius 2 is 1.92 bits per heavy atom. The third-order valence-corrected chi connectivity index (χ3v) is 3.67. The van der Waals surface area contributed by atoms with E-state index >= 15 is 0 Å². The van der Waals surface area contributed by atoms with Crippen molar-refractivity contribution in [2.45, 2.75) is 19.9 Å². The summed E-state index contributed by atoms with van der Waals surface area (Å²) in [5.74, 6) is -0.318. The third kappa shape index (κ3) is 5.29. The molecule has 2 aromatic carbocycles. The molecule has 0 saturated heterocycles. The summed E-state index contributed by atoms with van der Waals surface area (Å²) in [4.78, 5) is 22.3. The molecule has 130 valence electrons. The highest BCUT2D eigenvalue weighted by atomic mass is 35.5. The van der Waals surface area contributed by atoms with Crippen LogP contribution in [0.1, 0.15) is 19.4 Å². The first-order valence-corrected chi connectivity index (χ1v) is 7.85. The number of benzene rings is 2. The van der Waals surface area contributed by atoms with E-state index in [1.54, 1.807) is 50.2 Å². The lowest BCUT2D eigenvalue weighted by atomic mass is 10.1. The van der Waals surface area contributed by atoms with E-state index in [-0.39, 0.29) is 11.6 Å². The number of halogens is 1. The maximum absolute atomic E-state index is 12.1. The number of rotatable bonds is 6. The fraction of sp³-hybridized carbons (Fsp3) is 0.176. The minimum Gasteiger partial charge on any atom is -0.374 e. The molecule has 0 unspecified atom stereocenters. The van der Waals surface area contributed by atoms with Crippen molar-refractivity contribution in [3.05, 3.63) is 69.2 Å². The van der Waals surface area contributed by atoms with Gasteiger partial charge < -0.3 is 5.32 Å². The fourth-order valence-corrected chi connectivity index (χ4v) is 2.21. The minimum absolute atomic E-state index is 0.0000651. The second-order valence-electron chi connectivity index (χ2n) is 5.35. The first kappa shape index (κ1) is 18.4. The number of nitrogens with one attached hydrogen (secondary N) is 2. The first-order valence-electron chi connectivity index (χ1n) is 7.48. The van der Waals surface area contributed by atoms with E-state index in [0.717, 1.165) is 5.69 Å². The van der Waals surface area contributed by atoms with Gasteiger partial charge in [-0.3, -0.25) is 14.9 Å². The number of carbonyl (C=O) groups excluding carboxylic acids is 1. The summed E-state index contributed by atoms with van der Waals surface area (Å²) in [6.07, 6.45) is 0. The highest BCUT2D eigenvalue weighted by molar-refractivity contribution is 6.30. The Balaban J connectivity index is 1.97. The van der Waals surface area contributed by atoms with E-state index in [0.29, 0.717) is 16.3 Å². The predicted molar refractivity (Wildman–Crippen MR) is 98.0 cm³/mol. The van der Waals surface area contributed by atoms with Crippen molar-refractivity contribution in [2.75, 3.05) is 5.32 Å². The largest absolute Gasteiger partial charge is 0.374 e. The molecule has 0 aliphatic carbocycles. The lowest BCUT2D eigenvalue weighted by Crippen LogP contribution is -2.35.